The van der Waals surface area contributed by atoms with E-state index in [9.17, 15) is 8.78 Å². The van der Waals surface area contributed by atoms with Crippen LogP contribution in [0.1, 0.15) is 11.4 Å². The summed E-state index contributed by atoms with van der Waals surface area (Å²) in [7, 11) is 0. The summed E-state index contributed by atoms with van der Waals surface area (Å²) in [6.45, 7) is 2.29. The van der Waals surface area contributed by atoms with Crippen molar-refractivity contribution >= 4 is 16.7 Å². The normalized spacial score (nSPS) is 15.8. The van der Waals surface area contributed by atoms with Crippen molar-refractivity contribution < 1.29 is 13.5 Å². The van der Waals surface area contributed by atoms with E-state index in [0.717, 1.165) is 55.0 Å². The van der Waals surface area contributed by atoms with Crippen LogP contribution in [0, 0.1) is 0 Å². The second-order valence-corrected chi connectivity index (χ2v) is 7.12. The number of fused-ring (bicyclic) bond motifs is 1. The first-order chi connectivity index (χ1) is 14.1. The van der Waals surface area contributed by atoms with Crippen molar-refractivity contribution in [3.8, 4) is 5.75 Å². The van der Waals surface area contributed by atoms with Gasteiger partial charge in [-0.3, -0.25) is 9.80 Å². The zero-order chi connectivity index (χ0) is 20.2. The van der Waals surface area contributed by atoms with E-state index in [2.05, 4.69) is 24.5 Å². The lowest BCUT2D eigenvalue weighted by Crippen LogP contribution is -2.45. The Balaban J connectivity index is 1.30. The van der Waals surface area contributed by atoms with E-state index >= 15 is 0 Å². The molecule has 0 unspecified atom stereocenters. The lowest BCUT2D eigenvalue weighted by Gasteiger charge is -2.34. The highest BCUT2D eigenvalue weighted by Gasteiger charge is 2.18. The fourth-order valence-electron chi connectivity index (χ4n) is 3.56. The van der Waals surface area contributed by atoms with Crippen LogP contribution in [0.5, 0.6) is 5.75 Å². The molecule has 0 bridgehead atoms. The molecule has 8 heteroatoms. The number of nitrogens with zero attached hydrogens (tertiary/aromatic N) is 4. The molecule has 2 N–H and O–H groups in total. The summed E-state index contributed by atoms with van der Waals surface area (Å²) >= 11 is 0. The van der Waals surface area contributed by atoms with Gasteiger partial charge in [0.2, 0.25) is 0 Å². The summed E-state index contributed by atoms with van der Waals surface area (Å²) in [6, 6.07) is 14.6. The molecule has 0 amide bonds. The van der Waals surface area contributed by atoms with Crippen LogP contribution in [0.25, 0.3) is 10.9 Å². The first kappa shape index (κ1) is 19.5. The summed E-state index contributed by atoms with van der Waals surface area (Å²) in [6.07, 6.45) is 0. The van der Waals surface area contributed by atoms with Crippen LogP contribution in [0.2, 0.25) is 0 Å². The summed E-state index contributed by atoms with van der Waals surface area (Å²) in [4.78, 5) is 13.8. The van der Waals surface area contributed by atoms with E-state index in [4.69, 9.17) is 5.73 Å². The SMILES string of the molecule is Nc1nc(CN2CCN(Cc3ccc(OC(F)F)cc3)CC2)nc2ccccc12. The highest BCUT2D eigenvalue weighted by Crippen LogP contribution is 2.19. The van der Waals surface area contributed by atoms with Gasteiger partial charge in [-0.25, -0.2) is 9.97 Å². The number of para-hydroxylation sites is 1. The number of halogens is 2. The van der Waals surface area contributed by atoms with E-state index in [-0.39, 0.29) is 5.75 Å². The van der Waals surface area contributed by atoms with Crippen LogP contribution < -0.4 is 10.5 Å². The Hall–Kier alpha value is -2.84. The Bertz CT molecular complexity index is 959. The van der Waals surface area contributed by atoms with Gasteiger partial charge in [-0.2, -0.15) is 8.78 Å². The number of alkyl halides is 2. The minimum absolute atomic E-state index is 0.184. The maximum absolute atomic E-state index is 12.2. The third kappa shape index (κ3) is 4.96. The molecule has 0 aliphatic carbocycles. The second-order valence-electron chi connectivity index (χ2n) is 7.12. The van der Waals surface area contributed by atoms with Crippen LogP contribution in [0.3, 0.4) is 0 Å². The molecule has 1 saturated heterocycles. The lowest BCUT2D eigenvalue weighted by molar-refractivity contribution is -0.0498. The zero-order valence-corrected chi connectivity index (χ0v) is 16.0. The van der Waals surface area contributed by atoms with Crippen LogP contribution in [0.15, 0.2) is 48.5 Å². The minimum Gasteiger partial charge on any atom is -0.435 e. The molecule has 3 aromatic rings. The van der Waals surface area contributed by atoms with Crippen LogP contribution in [-0.4, -0.2) is 52.6 Å². The molecular weight excluding hydrogens is 376 g/mol. The molecule has 0 atom stereocenters. The average molecular weight is 399 g/mol. The van der Waals surface area contributed by atoms with Crippen molar-refractivity contribution in [2.45, 2.75) is 19.7 Å². The second kappa shape index (κ2) is 8.67. The number of ether oxygens (including phenoxy) is 1. The molecule has 1 fully saturated rings. The molecule has 29 heavy (non-hydrogen) atoms. The van der Waals surface area contributed by atoms with Crippen molar-refractivity contribution in [3.05, 3.63) is 59.9 Å². The lowest BCUT2D eigenvalue weighted by atomic mass is 10.2. The van der Waals surface area contributed by atoms with Crippen LogP contribution in [-0.2, 0) is 13.1 Å². The van der Waals surface area contributed by atoms with Gasteiger partial charge < -0.3 is 10.5 Å². The number of aromatic nitrogens is 2. The third-order valence-electron chi connectivity index (χ3n) is 5.06. The van der Waals surface area contributed by atoms with Crippen molar-refractivity contribution in [1.29, 1.82) is 0 Å². The molecule has 6 nitrogen and oxygen atoms in total. The summed E-state index contributed by atoms with van der Waals surface area (Å²) in [5.41, 5.74) is 8.02. The molecule has 0 radical (unpaired) electrons. The highest BCUT2D eigenvalue weighted by atomic mass is 19.3. The monoisotopic (exact) mass is 399 g/mol. The first-order valence-electron chi connectivity index (χ1n) is 9.56. The van der Waals surface area contributed by atoms with Crippen molar-refractivity contribution in [2.75, 3.05) is 31.9 Å². The van der Waals surface area contributed by atoms with Gasteiger partial charge in [0.15, 0.2) is 0 Å². The maximum Gasteiger partial charge on any atom is 0.387 e. The smallest absolute Gasteiger partial charge is 0.387 e. The quantitative estimate of drug-likeness (QED) is 0.687. The fraction of sp³-hybridized carbons (Fsp3) is 0.333. The standard InChI is InChI=1S/C21H23F2N5O/c22-21(23)29-16-7-5-15(6-8-16)13-27-9-11-28(12-10-27)14-19-25-18-4-2-1-3-17(18)20(24)26-19/h1-8,21H,9-14H2,(H2,24,25,26). The number of piperazine rings is 1. The van der Waals surface area contributed by atoms with Crippen LogP contribution in [0.4, 0.5) is 14.6 Å². The van der Waals surface area contributed by atoms with Gasteiger partial charge in [0.05, 0.1) is 12.1 Å². The Morgan fingerprint density at radius 1 is 0.897 bits per heavy atom. The minimum atomic E-state index is -2.80. The average Bonchev–Trinajstić information content (AvgIpc) is 2.71. The van der Waals surface area contributed by atoms with Crippen molar-refractivity contribution in [1.82, 2.24) is 19.8 Å². The van der Waals surface area contributed by atoms with Gasteiger partial charge in [0.1, 0.15) is 17.4 Å². The third-order valence-corrected chi connectivity index (χ3v) is 5.06. The first-order valence-corrected chi connectivity index (χ1v) is 9.56. The van der Waals surface area contributed by atoms with Gasteiger partial charge in [-0.05, 0) is 29.8 Å². The van der Waals surface area contributed by atoms with Gasteiger partial charge in [-0.1, -0.05) is 24.3 Å². The summed E-state index contributed by atoms with van der Waals surface area (Å²) in [5, 5.41) is 0.881. The van der Waals surface area contributed by atoms with Gasteiger partial charge in [0, 0.05) is 38.1 Å². The Morgan fingerprint density at radius 3 is 2.24 bits per heavy atom. The number of nitrogens with two attached hydrogens (primary N) is 1. The molecule has 4 rings (SSSR count). The predicted octanol–water partition coefficient (Wildman–Crippen LogP) is 3.13. The molecule has 2 aromatic carbocycles. The van der Waals surface area contributed by atoms with Gasteiger partial charge in [-0.15, -0.1) is 0 Å². The van der Waals surface area contributed by atoms with E-state index in [1.165, 1.54) is 0 Å². The molecule has 0 spiro atoms. The Labute approximate surface area is 167 Å². The number of hydrogen-bond donors (Lipinski definition) is 1. The number of rotatable bonds is 6. The molecule has 1 aromatic heterocycles. The number of benzene rings is 2. The fourth-order valence-corrected chi connectivity index (χ4v) is 3.56. The molecular formula is C21H23F2N5O. The topological polar surface area (TPSA) is 67.5 Å². The number of nitrogen functional groups attached to an aromatic ring is 1. The number of anilines is 1. The van der Waals surface area contributed by atoms with E-state index in [1.807, 2.05) is 36.4 Å². The van der Waals surface area contributed by atoms with E-state index < -0.39 is 6.61 Å². The van der Waals surface area contributed by atoms with Crippen molar-refractivity contribution in [3.63, 3.8) is 0 Å². The molecule has 1 aliphatic heterocycles. The summed E-state index contributed by atoms with van der Waals surface area (Å²) < 4.78 is 28.9. The Kier molecular flexibility index (Phi) is 5.82. The highest BCUT2D eigenvalue weighted by molar-refractivity contribution is 5.87. The molecule has 1 aliphatic rings. The Morgan fingerprint density at radius 2 is 1.55 bits per heavy atom. The zero-order valence-electron chi connectivity index (χ0n) is 16.0. The van der Waals surface area contributed by atoms with Gasteiger partial charge >= 0.3 is 6.61 Å². The largest absolute Gasteiger partial charge is 0.435 e. The van der Waals surface area contributed by atoms with E-state index in [1.54, 1.807) is 12.1 Å². The summed E-state index contributed by atoms with van der Waals surface area (Å²) in [5.74, 6) is 1.44. The van der Waals surface area contributed by atoms with Crippen molar-refractivity contribution in [2.24, 2.45) is 0 Å². The van der Waals surface area contributed by atoms with Gasteiger partial charge in [0.25, 0.3) is 0 Å². The molecule has 2 heterocycles. The maximum atomic E-state index is 12.2. The number of hydrogen-bond acceptors (Lipinski definition) is 6. The molecule has 152 valence electrons. The molecule has 0 saturated carbocycles. The van der Waals surface area contributed by atoms with E-state index in [0.29, 0.717) is 12.4 Å². The predicted molar refractivity (Wildman–Crippen MR) is 108 cm³/mol. The van der Waals surface area contributed by atoms with Crippen LogP contribution >= 0.6 is 0 Å².